The van der Waals surface area contributed by atoms with Gasteiger partial charge in [-0.25, -0.2) is 0 Å². The minimum absolute atomic E-state index is 0.306. The zero-order valence-electron chi connectivity index (χ0n) is 15.0. The van der Waals surface area contributed by atoms with Crippen molar-refractivity contribution < 1.29 is 19.4 Å². The zero-order valence-corrected chi connectivity index (χ0v) is 15.8. The van der Waals surface area contributed by atoms with Crippen molar-refractivity contribution in [1.29, 1.82) is 0 Å². The number of hydrogen-bond acceptors (Lipinski definition) is 4. The van der Waals surface area contributed by atoms with Gasteiger partial charge in [0.15, 0.2) is 0 Å². The molecule has 0 aromatic carbocycles. The number of unbranched alkanes of at least 4 members (excludes halogenated alkanes) is 9. The second-order valence-corrected chi connectivity index (χ2v) is 7.79. The highest BCUT2D eigenvalue weighted by molar-refractivity contribution is 8.01. The van der Waals surface area contributed by atoms with E-state index < -0.39 is 16.5 Å². The van der Waals surface area contributed by atoms with Crippen LogP contribution in [-0.2, 0) is 14.3 Å². The van der Waals surface area contributed by atoms with Gasteiger partial charge in [-0.2, -0.15) is 0 Å². The van der Waals surface area contributed by atoms with Crippen LogP contribution in [0.4, 0.5) is 0 Å². The fourth-order valence-corrected chi connectivity index (χ4v) is 3.21. The molecule has 0 saturated carbocycles. The minimum atomic E-state index is -0.899. The molecule has 0 aromatic heterocycles. The van der Waals surface area contributed by atoms with Gasteiger partial charge in [0.05, 0.1) is 6.61 Å². The lowest BCUT2D eigenvalue weighted by molar-refractivity contribution is -0.142. The van der Waals surface area contributed by atoms with E-state index in [-0.39, 0.29) is 5.97 Å². The van der Waals surface area contributed by atoms with Gasteiger partial charge in [0.1, 0.15) is 10.5 Å². The molecule has 0 rings (SSSR count). The number of esters is 1. The molecule has 0 fully saturated rings. The van der Waals surface area contributed by atoms with Crippen LogP contribution in [0.25, 0.3) is 0 Å². The molecule has 0 aliphatic carbocycles. The molecular formula is C18H34O4S. The van der Waals surface area contributed by atoms with Gasteiger partial charge in [0.25, 0.3) is 0 Å². The van der Waals surface area contributed by atoms with E-state index in [2.05, 4.69) is 6.92 Å². The Morgan fingerprint density at radius 3 is 1.83 bits per heavy atom. The predicted molar refractivity (Wildman–Crippen MR) is 97.0 cm³/mol. The van der Waals surface area contributed by atoms with Crippen molar-refractivity contribution in [2.24, 2.45) is 0 Å². The summed E-state index contributed by atoms with van der Waals surface area (Å²) in [6, 6.07) is 0. The van der Waals surface area contributed by atoms with E-state index in [1.807, 2.05) is 0 Å². The van der Waals surface area contributed by atoms with E-state index in [1.165, 1.54) is 51.4 Å². The monoisotopic (exact) mass is 346 g/mol. The molecule has 136 valence electrons. The number of ether oxygens (including phenoxy) is 1. The Morgan fingerprint density at radius 2 is 1.35 bits per heavy atom. The molecule has 0 bridgehead atoms. The number of hydrogen-bond donors (Lipinski definition) is 1. The van der Waals surface area contributed by atoms with Gasteiger partial charge < -0.3 is 9.84 Å². The van der Waals surface area contributed by atoms with Crippen LogP contribution in [0.1, 0.15) is 85.0 Å². The van der Waals surface area contributed by atoms with E-state index in [0.717, 1.165) is 24.6 Å². The predicted octanol–water partition coefficient (Wildman–Crippen LogP) is 5.05. The summed E-state index contributed by atoms with van der Waals surface area (Å²) in [5.41, 5.74) is 0. The van der Waals surface area contributed by atoms with Crippen LogP contribution in [0.3, 0.4) is 0 Å². The molecule has 0 heterocycles. The lowest BCUT2D eigenvalue weighted by atomic mass is 10.1. The third kappa shape index (κ3) is 13.4. The summed E-state index contributed by atoms with van der Waals surface area (Å²) in [6.45, 7) is 5.96. The van der Waals surface area contributed by atoms with Crippen LogP contribution in [-0.4, -0.2) is 34.2 Å². The number of carbonyl (C=O) groups is 2. The molecule has 23 heavy (non-hydrogen) atoms. The lowest BCUT2D eigenvalue weighted by Gasteiger charge is -2.13. The van der Waals surface area contributed by atoms with Gasteiger partial charge in [0.2, 0.25) is 0 Å². The van der Waals surface area contributed by atoms with Gasteiger partial charge in [-0.05, 0) is 20.3 Å². The Morgan fingerprint density at radius 1 is 0.870 bits per heavy atom. The molecule has 0 aliphatic rings. The SMILES string of the molecule is CCCCCCCCCCCCOC(=O)C(C)SC(C)C(=O)O. The highest BCUT2D eigenvalue weighted by Gasteiger charge is 2.21. The Hall–Kier alpha value is -0.710. The average molecular weight is 347 g/mol. The third-order valence-electron chi connectivity index (χ3n) is 3.83. The lowest BCUT2D eigenvalue weighted by Crippen LogP contribution is -2.23. The average Bonchev–Trinajstić information content (AvgIpc) is 2.52. The third-order valence-corrected chi connectivity index (χ3v) is 5.04. The topological polar surface area (TPSA) is 63.6 Å². The first kappa shape index (κ1) is 22.3. The van der Waals surface area contributed by atoms with Crippen LogP contribution in [0.2, 0.25) is 0 Å². The van der Waals surface area contributed by atoms with E-state index in [9.17, 15) is 9.59 Å². The zero-order chi connectivity index (χ0) is 17.5. The van der Waals surface area contributed by atoms with Crippen molar-refractivity contribution in [2.75, 3.05) is 6.61 Å². The molecule has 0 aromatic rings. The molecule has 0 radical (unpaired) electrons. The Bertz CT molecular complexity index is 320. The van der Waals surface area contributed by atoms with Crippen molar-refractivity contribution in [2.45, 2.75) is 95.5 Å². The molecule has 0 aliphatic heterocycles. The van der Waals surface area contributed by atoms with E-state index in [4.69, 9.17) is 9.84 Å². The second-order valence-electron chi connectivity index (χ2n) is 6.11. The van der Waals surface area contributed by atoms with Gasteiger partial charge in [-0.15, -0.1) is 11.8 Å². The number of aliphatic carboxylic acids is 1. The van der Waals surface area contributed by atoms with Crippen molar-refractivity contribution in [3.8, 4) is 0 Å². The van der Waals surface area contributed by atoms with Gasteiger partial charge >= 0.3 is 11.9 Å². The Balaban J connectivity index is 3.43. The number of thioether (sulfide) groups is 1. The number of rotatable bonds is 15. The summed E-state index contributed by atoms with van der Waals surface area (Å²) in [5.74, 6) is -1.21. The van der Waals surface area contributed by atoms with Gasteiger partial charge in [-0.3, -0.25) is 9.59 Å². The first-order valence-electron chi connectivity index (χ1n) is 9.04. The van der Waals surface area contributed by atoms with Crippen molar-refractivity contribution >= 4 is 23.7 Å². The van der Waals surface area contributed by atoms with Crippen molar-refractivity contribution in [3.05, 3.63) is 0 Å². The normalized spacial score (nSPS) is 13.5. The summed E-state index contributed by atoms with van der Waals surface area (Å²) < 4.78 is 5.20. The molecular weight excluding hydrogens is 312 g/mol. The standard InChI is InChI=1S/C18H34O4S/c1-4-5-6-7-8-9-10-11-12-13-14-22-18(21)16(3)23-15(2)17(19)20/h15-16H,4-14H2,1-3H3,(H,19,20). The fraction of sp³-hybridized carbons (Fsp3) is 0.889. The summed E-state index contributed by atoms with van der Waals surface area (Å²) in [7, 11) is 0. The first-order chi connectivity index (χ1) is 11.0. The minimum Gasteiger partial charge on any atom is -0.480 e. The first-order valence-corrected chi connectivity index (χ1v) is 9.98. The molecule has 0 spiro atoms. The molecule has 2 unspecified atom stereocenters. The quantitative estimate of drug-likeness (QED) is 0.332. The molecule has 0 amide bonds. The van der Waals surface area contributed by atoms with Crippen LogP contribution in [0.5, 0.6) is 0 Å². The summed E-state index contributed by atoms with van der Waals surface area (Å²) in [4.78, 5) is 22.5. The van der Waals surface area contributed by atoms with Crippen LogP contribution in [0.15, 0.2) is 0 Å². The highest BCUT2D eigenvalue weighted by Crippen LogP contribution is 2.19. The summed E-state index contributed by atoms with van der Waals surface area (Å²) in [6.07, 6.45) is 12.5. The smallest absolute Gasteiger partial charge is 0.318 e. The molecule has 4 nitrogen and oxygen atoms in total. The van der Waals surface area contributed by atoms with Crippen LogP contribution in [0, 0.1) is 0 Å². The van der Waals surface area contributed by atoms with E-state index in [0.29, 0.717) is 6.61 Å². The van der Waals surface area contributed by atoms with Crippen LogP contribution < -0.4 is 0 Å². The number of carbonyl (C=O) groups excluding carboxylic acids is 1. The van der Waals surface area contributed by atoms with Gasteiger partial charge in [0, 0.05) is 0 Å². The number of carboxylic acids is 1. The maximum absolute atomic E-state index is 11.7. The van der Waals surface area contributed by atoms with E-state index in [1.54, 1.807) is 13.8 Å². The van der Waals surface area contributed by atoms with Crippen LogP contribution >= 0.6 is 11.8 Å². The van der Waals surface area contributed by atoms with Gasteiger partial charge in [-0.1, -0.05) is 64.7 Å². The second kappa shape index (κ2) is 14.9. The van der Waals surface area contributed by atoms with E-state index >= 15 is 0 Å². The maximum Gasteiger partial charge on any atom is 0.318 e. The maximum atomic E-state index is 11.7. The highest BCUT2D eigenvalue weighted by atomic mass is 32.2. The number of carboxylic acid groups (broad SMARTS) is 1. The largest absolute Gasteiger partial charge is 0.480 e. The summed E-state index contributed by atoms with van der Waals surface area (Å²) in [5, 5.41) is 7.80. The van der Waals surface area contributed by atoms with Crippen molar-refractivity contribution in [3.63, 3.8) is 0 Å². The molecule has 5 heteroatoms. The van der Waals surface area contributed by atoms with Crippen molar-refractivity contribution in [1.82, 2.24) is 0 Å². The molecule has 0 saturated heterocycles. The molecule has 1 N–H and O–H groups in total. The Kier molecular flexibility index (Phi) is 14.4. The Labute approximate surface area is 145 Å². The molecule has 2 atom stereocenters. The summed E-state index contributed by atoms with van der Waals surface area (Å²) >= 11 is 1.12. The fourth-order valence-electron chi connectivity index (χ4n) is 2.30.